The first-order valence-electron chi connectivity index (χ1n) is 7.39. The molecular formula is C16H15F3N2O4. The third kappa shape index (κ3) is 4.44. The Bertz CT molecular complexity index is 722. The largest absolute Gasteiger partial charge is 0.491 e. The van der Waals surface area contributed by atoms with Gasteiger partial charge in [0.25, 0.3) is 0 Å². The highest BCUT2D eigenvalue weighted by atomic mass is 19.4. The minimum atomic E-state index is -4.43. The number of aliphatic hydroxyl groups is 1. The number of anilines is 1. The number of aliphatic hydroxyl groups excluding tert-OH is 1. The second-order valence-corrected chi connectivity index (χ2v) is 5.29. The Hall–Kier alpha value is -2.68. The van der Waals surface area contributed by atoms with Crippen LogP contribution in [0.1, 0.15) is 5.56 Å². The van der Waals surface area contributed by atoms with Gasteiger partial charge in [0.15, 0.2) is 11.5 Å². The van der Waals surface area contributed by atoms with Crippen LogP contribution in [0.4, 0.5) is 19.0 Å². The molecule has 0 saturated carbocycles. The number of rotatable bonds is 6. The molecule has 25 heavy (non-hydrogen) atoms. The molecule has 0 spiro atoms. The van der Waals surface area contributed by atoms with E-state index < -0.39 is 17.8 Å². The Morgan fingerprint density at radius 2 is 2.00 bits per heavy atom. The van der Waals surface area contributed by atoms with Gasteiger partial charge >= 0.3 is 6.18 Å². The number of aromatic nitrogens is 1. The quantitative estimate of drug-likeness (QED) is 0.829. The van der Waals surface area contributed by atoms with Gasteiger partial charge in [0.05, 0.1) is 5.56 Å². The lowest BCUT2D eigenvalue weighted by atomic mass is 10.2. The summed E-state index contributed by atoms with van der Waals surface area (Å²) in [6.45, 7) is 0.224. The summed E-state index contributed by atoms with van der Waals surface area (Å²) < 4.78 is 53.2. The van der Waals surface area contributed by atoms with Crippen molar-refractivity contribution in [2.45, 2.75) is 12.3 Å². The van der Waals surface area contributed by atoms with E-state index in [1.165, 1.54) is 6.07 Å². The lowest BCUT2D eigenvalue weighted by Crippen LogP contribution is -2.26. The van der Waals surface area contributed by atoms with Crippen molar-refractivity contribution in [3.05, 3.63) is 42.1 Å². The van der Waals surface area contributed by atoms with E-state index >= 15 is 0 Å². The number of pyridine rings is 1. The van der Waals surface area contributed by atoms with E-state index in [0.717, 1.165) is 12.3 Å². The SMILES string of the molecule is OC(CNc1ccc(C(F)(F)F)cn1)COc1ccc2c(c1)OCO2. The van der Waals surface area contributed by atoms with Crippen LogP contribution in [0.5, 0.6) is 17.2 Å². The van der Waals surface area contributed by atoms with Crippen LogP contribution < -0.4 is 19.5 Å². The average molecular weight is 356 g/mol. The van der Waals surface area contributed by atoms with Crippen LogP contribution in [0.25, 0.3) is 0 Å². The maximum atomic E-state index is 12.4. The topological polar surface area (TPSA) is 72.8 Å². The minimum absolute atomic E-state index is 0.00667. The van der Waals surface area contributed by atoms with Crippen LogP contribution in [0, 0.1) is 0 Å². The molecule has 1 atom stereocenters. The van der Waals surface area contributed by atoms with Crippen LogP contribution in [0.3, 0.4) is 0 Å². The molecule has 0 saturated heterocycles. The van der Waals surface area contributed by atoms with Crippen LogP contribution in [0.2, 0.25) is 0 Å². The van der Waals surface area contributed by atoms with E-state index in [0.29, 0.717) is 17.2 Å². The Labute approximate surface area is 141 Å². The van der Waals surface area contributed by atoms with Gasteiger partial charge in [0, 0.05) is 18.8 Å². The van der Waals surface area contributed by atoms with Gasteiger partial charge in [-0.1, -0.05) is 0 Å². The van der Waals surface area contributed by atoms with E-state index in [4.69, 9.17) is 14.2 Å². The minimum Gasteiger partial charge on any atom is -0.491 e. The Kier molecular flexibility index (Phi) is 4.84. The number of benzene rings is 1. The second kappa shape index (κ2) is 7.06. The highest BCUT2D eigenvalue weighted by molar-refractivity contribution is 5.46. The van der Waals surface area contributed by atoms with Crippen molar-refractivity contribution in [1.82, 2.24) is 4.98 Å². The zero-order chi connectivity index (χ0) is 17.9. The summed E-state index contributed by atoms with van der Waals surface area (Å²) in [6, 6.07) is 7.17. The van der Waals surface area contributed by atoms with Gasteiger partial charge in [-0.15, -0.1) is 0 Å². The van der Waals surface area contributed by atoms with Crippen molar-refractivity contribution < 1.29 is 32.5 Å². The molecule has 0 aliphatic carbocycles. The number of ether oxygens (including phenoxy) is 3. The molecule has 0 bridgehead atoms. The van der Waals surface area contributed by atoms with Gasteiger partial charge in [-0.25, -0.2) is 4.98 Å². The molecule has 1 aromatic carbocycles. The van der Waals surface area contributed by atoms with Gasteiger partial charge in [0.2, 0.25) is 6.79 Å². The van der Waals surface area contributed by atoms with Crippen LogP contribution in [-0.4, -0.2) is 36.1 Å². The average Bonchev–Trinajstić information content (AvgIpc) is 3.05. The number of nitrogens with zero attached hydrogens (tertiary/aromatic N) is 1. The molecule has 1 aromatic heterocycles. The summed E-state index contributed by atoms with van der Waals surface area (Å²) >= 11 is 0. The molecule has 2 heterocycles. The fourth-order valence-corrected chi connectivity index (χ4v) is 2.11. The van der Waals surface area contributed by atoms with Crippen molar-refractivity contribution in [3.63, 3.8) is 0 Å². The lowest BCUT2D eigenvalue weighted by molar-refractivity contribution is -0.137. The monoisotopic (exact) mass is 356 g/mol. The highest BCUT2D eigenvalue weighted by Crippen LogP contribution is 2.35. The molecule has 0 radical (unpaired) electrons. The maximum absolute atomic E-state index is 12.4. The molecule has 6 nitrogen and oxygen atoms in total. The number of fused-ring (bicyclic) bond motifs is 1. The number of nitrogens with one attached hydrogen (secondary N) is 1. The third-order valence-electron chi connectivity index (χ3n) is 3.40. The van der Waals surface area contributed by atoms with E-state index in [9.17, 15) is 18.3 Å². The first-order chi connectivity index (χ1) is 11.9. The standard InChI is InChI=1S/C16H15F3N2O4/c17-16(18,19)10-1-4-15(20-6-10)21-7-11(22)8-23-12-2-3-13-14(5-12)25-9-24-13/h1-6,11,22H,7-9H2,(H,20,21). The Morgan fingerprint density at radius 3 is 2.72 bits per heavy atom. The molecule has 9 heteroatoms. The molecule has 2 aromatic rings. The fraction of sp³-hybridized carbons (Fsp3) is 0.312. The predicted octanol–water partition coefficient (Wildman–Crippen LogP) is 2.68. The molecule has 1 aliphatic rings. The van der Waals surface area contributed by atoms with Crippen molar-refractivity contribution >= 4 is 5.82 Å². The van der Waals surface area contributed by atoms with Gasteiger partial charge in [-0.2, -0.15) is 13.2 Å². The highest BCUT2D eigenvalue weighted by Gasteiger charge is 2.30. The molecule has 1 unspecified atom stereocenters. The molecule has 3 rings (SSSR count). The van der Waals surface area contributed by atoms with Gasteiger partial charge in [-0.3, -0.25) is 0 Å². The molecule has 1 aliphatic heterocycles. The van der Waals surface area contributed by atoms with Crippen molar-refractivity contribution in [3.8, 4) is 17.2 Å². The van der Waals surface area contributed by atoms with Gasteiger partial charge < -0.3 is 24.6 Å². The summed E-state index contributed by atoms with van der Waals surface area (Å²) in [5.41, 5.74) is -0.829. The van der Waals surface area contributed by atoms with Crippen molar-refractivity contribution in [2.75, 3.05) is 25.3 Å². The number of alkyl halides is 3. The van der Waals surface area contributed by atoms with Crippen molar-refractivity contribution in [2.24, 2.45) is 0 Å². The zero-order valence-corrected chi connectivity index (χ0v) is 12.9. The number of hydrogen-bond donors (Lipinski definition) is 2. The summed E-state index contributed by atoms with van der Waals surface area (Å²) in [5, 5.41) is 12.6. The Balaban J connectivity index is 1.46. The number of hydrogen-bond acceptors (Lipinski definition) is 6. The fourth-order valence-electron chi connectivity index (χ4n) is 2.11. The predicted molar refractivity (Wildman–Crippen MR) is 81.8 cm³/mol. The smallest absolute Gasteiger partial charge is 0.417 e. The van der Waals surface area contributed by atoms with E-state index in [1.54, 1.807) is 18.2 Å². The second-order valence-electron chi connectivity index (χ2n) is 5.29. The van der Waals surface area contributed by atoms with Crippen molar-refractivity contribution in [1.29, 1.82) is 0 Å². The maximum Gasteiger partial charge on any atom is 0.417 e. The lowest BCUT2D eigenvalue weighted by Gasteiger charge is -2.14. The molecule has 2 N–H and O–H groups in total. The van der Waals surface area contributed by atoms with Crippen LogP contribution in [0.15, 0.2) is 36.5 Å². The summed E-state index contributed by atoms with van der Waals surface area (Å²) in [5.74, 6) is 1.94. The normalized spacial score (nSPS) is 14.2. The van der Waals surface area contributed by atoms with Crippen LogP contribution in [-0.2, 0) is 6.18 Å². The zero-order valence-electron chi connectivity index (χ0n) is 12.9. The molecular weight excluding hydrogens is 341 g/mol. The third-order valence-corrected chi connectivity index (χ3v) is 3.40. The summed E-state index contributed by atoms with van der Waals surface area (Å²) in [4.78, 5) is 3.66. The summed E-state index contributed by atoms with van der Waals surface area (Å²) in [6.07, 6.45) is -4.57. The molecule has 0 amide bonds. The van der Waals surface area contributed by atoms with E-state index in [2.05, 4.69) is 10.3 Å². The first-order valence-corrected chi connectivity index (χ1v) is 7.39. The molecule has 0 fully saturated rings. The first kappa shape index (κ1) is 17.2. The van der Waals surface area contributed by atoms with E-state index in [1.807, 2.05) is 0 Å². The molecule has 134 valence electrons. The number of halogens is 3. The van der Waals surface area contributed by atoms with Crippen LogP contribution >= 0.6 is 0 Å². The Morgan fingerprint density at radius 1 is 1.20 bits per heavy atom. The summed E-state index contributed by atoms with van der Waals surface area (Å²) in [7, 11) is 0. The van der Waals surface area contributed by atoms with E-state index in [-0.39, 0.29) is 25.8 Å². The van der Waals surface area contributed by atoms with Gasteiger partial charge in [0.1, 0.15) is 24.3 Å². The van der Waals surface area contributed by atoms with Gasteiger partial charge in [-0.05, 0) is 24.3 Å².